The number of carbonyl (C=O) groups excluding carboxylic acids is 3. The van der Waals surface area contributed by atoms with Crippen molar-refractivity contribution >= 4 is 17.7 Å². The van der Waals surface area contributed by atoms with Gasteiger partial charge in [-0.15, -0.1) is 0 Å². The number of nitrogens with zero attached hydrogens (tertiary/aromatic N) is 1. The van der Waals surface area contributed by atoms with Gasteiger partial charge in [-0.25, -0.2) is 4.79 Å². The number of hydrogen-bond donors (Lipinski definition) is 2. The van der Waals surface area contributed by atoms with Gasteiger partial charge in [0.05, 0.1) is 12.2 Å². The van der Waals surface area contributed by atoms with Gasteiger partial charge in [-0.05, 0) is 23.3 Å². The Hall–Kier alpha value is -3.67. The van der Waals surface area contributed by atoms with E-state index in [0.29, 0.717) is 17.7 Å². The van der Waals surface area contributed by atoms with Gasteiger partial charge in [0.2, 0.25) is 0 Å². The van der Waals surface area contributed by atoms with Gasteiger partial charge in [0.15, 0.2) is 11.3 Å². The lowest BCUT2D eigenvalue weighted by molar-refractivity contribution is -0.131. The molecule has 1 saturated heterocycles. The third kappa shape index (κ3) is 3.09. The van der Waals surface area contributed by atoms with E-state index in [4.69, 9.17) is 0 Å². The van der Waals surface area contributed by atoms with Crippen molar-refractivity contribution < 1.29 is 14.4 Å². The number of amides is 3. The number of benzene rings is 2. The fourth-order valence-corrected chi connectivity index (χ4v) is 3.54. The van der Waals surface area contributed by atoms with Gasteiger partial charge in [0, 0.05) is 12.6 Å². The Morgan fingerprint density at radius 3 is 2.21 bits per heavy atom. The summed E-state index contributed by atoms with van der Waals surface area (Å²) in [4.78, 5) is 42.4. The summed E-state index contributed by atoms with van der Waals surface area (Å²) < 4.78 is 0. The van der Waals surface area contributed by atoms with E-state index < -0.39 is 17.5 Å². The molecule has 3 amide bonds. The summed E-state index contributed by atoms with van der Waals surface area (Å²) in [7, 11) is 0. The largest absolute Gasteiger partial charge is 0.359 e. The van der Waals surface area contributed by atoms with Gasteiger partial charge < -0.3 is 10.3 Å². The van der Waals surface area contributed by atoms with E-state index in [9.17, 15) is 14.4 Å². The molecule has 1 atom stereocenters. The molecule has 0 radical (unpaired) electrons. The molecule has 28 heavy (non-hydrogen) atoms. The summed E-state index contributed by atoms with van der Waals surface area (Å²) in [6, 6.07) is 21.4. The zero-order valence-corrected chi connectivity index (χ0v) is 15.1. The van der Waals surface area contributed by atoms with Crippen LogP contribution in [0.3, 0.4) is 0 Å². The third-order valence-electron chi connectivity index (χ3n) is 4.95. The molecule has 1 fully saturated rings. The first kappa shape index (κ1) is 17.7. The molecule has 3 aromatic rings. The molecule has 2 aromatic carbocycles. The zero-order valence-electron chi connectivity index (χ0n) is 15.1. The van der Waals surface area contributed by atoms with E-state index >= 15 is 0 Å². The van der Waals surface area contributed by atoms with Crippen molar-refractivity contribution in [2.24, 2.45) is 0 Å². The maximum absolute atomic E-state index is 13.4. The van der Waals surface area contributed by atoms with E-state index in [0.717, 1.165) is 10.5 Å². The summed E-state index contributed by atoms with van der Waals surface area (Å²) in [5.74, 6) is -0.746. The number of hydrogen-bond acceptors (Lipinski definition) is 3. The molecule has 6 heteroatoms. The minimum Gasteiger partial charge on any atom is -0.359 e. The number of nitrogens with one attached hydrogen (secondary N) is 2. The Morgan fingerprint density at radius 2 is 1.57 bits per heavy atom. The number of ketones is 1. The number of aromatic amines is 1. The Bertz CT molecular complexity index is 1000. The van der Waals surface area contributed by atoms with Crippen LogP contribution in [0.1, 0.15) is 21.6 Å². The van der Waals surface area contributed by atoms with Crippen molar-refractivity contribution in [2.75, 3.05) is 6.54 Å². The number of Topliss-reactive ketones (excluding diaryl/α,β-unsaturated/α-hetero) is 1. The lowest BCUT2D eigenvalue weighted by Crippen LogP contribution is -2.46. The van der Waals surface area contributed by atoms with Crippen LogP contribution in [-0.4, -0.2) is 34.2 Å². The molecule has 0 bridgehead atoms. The molecule has 1 aliphatic rings. The molecule has 1 aliphatic heterocycles. The zero-order chi connectivity index (χ0) is 19.6. The monoisotopic (exact) mass is 373 g/mol. The topological polar surface area (TPSA) is 82.3 Å². The first-order chi connectivity index (χ1) is 13.6. The van der Waals surface area contributed by atoms with E-state index in [2.05, 4.69) is 10.3 Å². The molecule has 0 unspecified atom stereocenters. The highest BCUT2D eigenvalue weighted by molar-refractivity contribution is 6.11. The minimum atomic E-state index is -1.24. The highest BCUT2D eigenvalue weighted by Crippen LogP contribution is 2.33. The predicted molar refractivity (Wildman–Crippen MR) is 104 cm³/mol. The Morgan fingerprint density at radius 1 is 0.893 bits per heavy atom. The summed E-state index contributed by atoms with van der Waals surface area (Å²) in [5, 5.41) is 2.86. The van der Waals surface area contributed by atoms with Crippen LogP contribution >= 0.6 is 0 Å². The van der Waals surface area contributed by atoms with Crippen molar-refractivity contribution in [3.63, 3.8) is 0 Å². The van der Waals surface area contributed by atoms with E-state index in [1.165, 1.54) is 0 Å². The lowest BCUT2D eigenvalue weighted by atomic mass is 9.83. The van der Waals surface area contributed by atoms with Gasteiger partial charge in [-0.2, -0.15) is 0 Å². The first-order valence-electron chi connectivity index (χ1n) is 9.00. The summed E-state index contributed by atoms with van der Waals surface area (Å²) in [6.45, 7) is -0.311. The molecule has 2 N–H and O–H groups in total. The van der Waals surface area contributed by atoms with Crippen LogP contribution in [-0.2, 0) is 16.8 Å². The standard InChI is InChI=1S/C22H19N3O3/c26-19(18-12-7-13-23-18)15-25-20(27)22(24-21(25)28,17-10-5-2-6-11-17)14-16-8-3-1-4-9-16/h1-13,23H,14-15H2,(H,24,28)/t22-/m1/s1. The third-order valence-corrected chi connectivity index (χ3v) is 4.95. The number of H-pyrrole nitrogens is 1. The average molecular weight is 373 g/mol. The molecule has 140 valence electrons. The van der Waals surface area contributed by atoms with Crippen LogP contribution in [0.25, 0.3) is 0 Å². The lowest BCUT2D eigenvalue weighted by Gasteiger charge is -2.27. The number of imide groups is 1. The molecule has 0 spiro atoms. The number of urea groups is 1. The molecular formula is C22H19N3O3. The summed E-state index contributed by atoms with van der Waals surface area (Å²) >= 11 is 0. The fraction of sp³-hybridized carbons (Fsp3) is 0.136. The van der Waals surface area contributed by atoms with Crippen LogP contribution in [0.15, 0.2) is 79.0 Å². The van der Waals surface area contributed by atoms with Crippen molar-refractivity contribution in [1.29, 1.82) is 0 Å². The highest BCUT2D eigenvalue weighted by Gasteiger charge is 2.52. The van der Waals surface area contributed by atoms with Crippen molar-refractivity contribution in [1.82, 2.24) is 15.2 Å². The maximum atomic E-state index is 13.4. The van der Waals surface area contributed by atoms with Gasteiger partial charge in [0.25, 0.3) is 5.91 Å². The minimum absolute atomic E-state index is 0.301. The van der Waals surface area contributed by atoms with Crippen LogP contribution in [0, 0.1) is 0 Å². The fourth-order valence-electron chi connectivity index (χ4n) is 3.54. The smallest absolute Gasteiger partial charge is 0.325 e. The van der Waals surface area contributed by atoms with E-state index in [-0.39, 0.29) is 12.3 Å². The normalized spacial score (nSPS) is 18.9. The summed E-state index contributed by atoms with van der Waals surface area (Å²) in [6.07, 6.45) is 1.93. The number of carbonyl (C=O) groups is 3. The second kappa shape index (κ2) is 7.15. The van der Waals surface area contributed by atoms with E-state index in [1.807, 2.05) is 60.7 Å². The quantitative estimate of drug-likeness (QED) is 0.515. The van der Waals surface area contributed by atoms with Gasteiger partial charge >= 0.3 is 6.03 Å². The maximum Gasteiger partial charge on any atom is 0.325 e. The van der Waals surface area contributed by atoms with Crippen LogP contribution in [0.4, 0.5) is 4.79 Å². The predicted octanol–water partition coefficient (Wildman–Crippen LogP) is 2.89. The number of rotatable bonds is 6. The van der Waals surface area contributed by atoms with E-state index in [1.54, 1.807) is 18.3 Å². The van der Waals surface area contributed by atoms with Crippen molar-refractivity contribution in [3.05, 3.63) is 95.8 Å². The molecule has 6 nitrogen and oxygen atoms in total. The van der Waals surface area contributed by atoms with Gasteiger partial charge in [-0.3, -0.25) is 14.5 Å². The molecule has 1 aromatic heterocycles. The first-order valence-corrected chi connectivity index (χ1v) is 9.00. The molecule has 0 saturated carbocycles. The van der Waals surface area contributed by atoms with Crippen LogP contribution < -0.4 is 5.32 Å². The van der Waals surface area contributed by atoms with Crippen LogP contribution in [0.2, 0.25) is 0 Å². The Labute approximate surface area is 162 Å². The molecule has 4 rings (SSSR count). The number of aromatic nitrogens is 1. The average Bonchev–Trinajstić information content (AvgIpc) is 3.34. The SMILES string of the molecule is O=C(CN1C(=O)N[C@](Cc2ccccc2)(c2ccccc2)C1=O)c1ccc[nH]1. The molecule has 0 aliphatic carbocycles. The summed E-state index contributed by atoms with van der Waals surface area (Å²) in [5.41, 5.74) is 0.723. The second-order valence-electron chi connectivity index (χ2n) is 6.76. The Kier molecular flexibility index (Phi) is 4.53. The van der Waals surface area contributed by atoms with Crippen LogP contribution in [0.5, 0.6) is 0 Å². The van der Waals surface area contributed by atoms with Gasteiger partial charge in [0.1, 0.15) is 0 Å². The Balaban J connectivity index is 1.69. The van der Waals surface area contributed by atoms with Crippen molar-refractivity contribution in [3.8, 4) is 0 Å². The van der Waals surface area contributed by atoms with Crippen molar-refractivity contribution in [2.45, 2.75) is 12.0 Å². The highest BCUT2D eigenvalue weighted by atomic mass is 16.2. The second-order valence-corrected chi connectivity index (χ2v) is 6.76. The molecular weight excluding hydrogens is 354 g/mol. The van der Waals surface area contributed by atoms with Gasteiger partial charge in [-0.1, -0.05) is 60.7 Å². The molecule has 2 heterocycles.